The fourth-order valence-electron chi connectivity index (χ4n) is 3.39. The summed E-state index contributed by atoms with van der Waals surface area (Å²) in [5.41, 5.74) is 1.68. The van der Waals surface area contributed by atoms with Gasteiger partial charge in [-0.1, -0.05) is 12.1 Å². The molecule has 28 heavy (non-hydrogen) atoms. The Labute approximate surface area is 184 Å². The van der Waals surface area contributed by atoms with Crippen LogP contribution in [-0.2, 0) is 6.54 Å². The molecule has 0 bridgehead atoms. The molecule has 6 nitrogen and oxygen atoms in total. The summed E-state index contributed by atoms with van der Waals surface area (Å²) in [5, 5.41) is 15.8. The lowest BCUT2D eigenvalue weighted by atomic mass is 10.1. The van der Waals surface area contributed by atoms with Gasteiger partial charge in [-0.2, -0.15) is 5.26 Å². The lowest BCUT2D eigenvalue weighted by Crippen LogP contribution is -2.42. The summed E-state index contributed by atoms with van der Waals surface area (Å²) in [7, 11) is 0. The molecule has 2 heterocycles. The average Bonchev–Trinajstić information content (AvgIpc) is 3.41. The molecule has 3 rings (SSSR count). The molecule has 1 fully saturated rings. The maximum atomic E-state index is 9.04. The summed E-state index contributed by atoms with van der Waals surface area (Å²) in [5.74, 6) is 1.76. The topological polar surface area (TPSA) is 76.6 Å². The largest absolute Gasteiger partial charge is 0.468 e. The number of likely N-dealkylation sites (tertiary alicyclic amines) is 1. The van der Waals surface area contributed by atoms with Crippen molar-refractivity contribution in [3.8, 4) is 6.07 Å². The molecule has 0 radical (unpaired) electrons. The Bertz CT molecular complexity index is 778. The van der Waals surface area contributed by atoms with Gasteiger partial charge in [-0.15, -0.1) is 24.0 Å². The zero-order valence-electron chi connectivity index (χ0n) is 16.2. The number of benzene rings is 1. The van der Waals surface area contributed by atoms with Gasteiger partial charge in [-0.3, -0.25) is 4.90 Å². The molecule has 1 atom stereocenters. The normalized spacial score (nSPS) is 15.5. The number of nitrogens with zero attached hydrogens (tertiary/aromatic N) is 3. The Morgan fingerprint density at radius 3 is 2.75 bits per heavy atom. The summed E-state index contributed by atoms with van der Waals surface area (Å²) in [4.78, 5) is 7.14. The Morgan fingerprint density at radius 1 is 1.25 bits per heavy atom. The number of nitriles is 1. The molecule has 1 aromatic carbocycles. The lowest BCUT2D eigenvalue weighted by Gasteiger charge is -2.26. The van der Waals surface area contributed by atoms with Gasteiger partial charge in [0.15, 0.2) is 5.96 Å². The van der Waals surface area contributed by atoms with Crippen LogP contribution in [0, 0.1) is 11.3 Å². The number of hydrogen-bond acceptors (Lipinski definition) is 4. The molecule has 7 heteroatoms. The summed E-state index contributed by atoms with van der Waals surface area (Å²) in [6, 6.07) is 13.9. The van der Waals surface area contributed by atoms with Crippen LogP contribution in [0.1, 0.15) is 42.7 Å². The molecule has 1 aromatic heterocycles. The third kappa shape index (κ3) is 6.24. The number of rotatable bonds is 7. The van der Waals surface area contributed by atoms with Gasteiger partial charge in [0.25, 0.3) is 0 Å². The summed E-state index contributed by atoms with van der Waals surface area (Å²) in [6.45, 7) is 6.30. The van der Waals surface area contributed by atoms with Crippen LogP contribution in [0.3, 0.4) is 0 Å². The van der Waals surface area contributed by atoms with Crippen LogP contribution in [0.4, 0.5) is 0 Å². The van der Waals surface area contributed by atoms with E-state index in [4.69, 9.17) is 9.68 Å². The number of guanidine groups is 1. The SMILES string of the molecule is CCNC(=NCc1cccc(C#N)c1)NCC(c1ccco1)N1CCCC1.I. The van der Waals surface area contributed by atoms with Crippen molar-refractivity contribution < 1.29 is 4.42 Å². The van der Waals surface area contributed by atoms with E-state index in [2.05, 4.69) is 33.5 Å². The first-order valence-electron chi connectivity index (χ1n) is 9.59. The summed E-state index contributed by atoms with van der Waals surface area (Å²) in [6.07, 6.45) is 4.21. The summed E-state index contributed by atoms with van der Waals surface area (Å²) < 4.78 is 5.68. The quantitative estimate of drug-likeness (QED) is 0.350. The number of aliphatic imine (C=N–C) groups is 1. The van der Waals surface area contributed by atoms with Gasteiger partial charge in [-0.05, 0) is 62.7 Å². The van der Waals surface area contributed by atoms with Crippen LogP contribution in [0.5, 0.6) is 0 Å². The number of hydrogen-bond donors (Lipinski definition) is 2. The van der Waals surface area contributed by atoms with Crippen LogP contribution in [0.15, 0.2) is 52.1 Å². The Balaban J connectivity index is 0.00000280. The molecule has 1 aliphatic heterocycles. The van der Waals surface area contributed by atoms with Crippen molar-refractivity contribution in [2.24, 2.45) is 4.99 Å². The van der Waals surface area contributed by atoms with E-state index in [1.807, 2.05) is 30.3 Å². The highest BCUT2D eigenvalue weighted by Crippen LogP contribution is 2.24. The molecule has 0 spiro atoms. The van der Waals surface area contributed by atoms with Gasteiger partial charge in [0.1, 0.15) is 5.76 Å². The highest BCUT2D eigenvalue weighted by atomic mass is 127. The molecule has 2 aromatic rings. The van der Waals surface area contributed by atoms with E-state index in [1.165, 1.54) is 12.8 Å². The monoisotopic (exact) mass is 493 g/mol. The van der Waals surface area contributed by atoms with E-state index >= 15 is 0 Å². The fourth-order valence-corrected chi connectivity index (χ4v) is 3.39. The molecule has 2 N–H and O–H groups in total. The van der Waals surface area contributed by atoms with E-state index in [9.17, 15) is 0 Å². The second-order valence-electron chi connectivity index (χ2n) is 6.66. The van der Waals surface area contributed by atoms with Crippen molar-refractivity contribution >= 4 is 29.9 Å². The lowest BCUT2D eigenvalue weighted by molar-refractivity contribution is 0.215. The smallest absolute Gasteiger partial charge is 0.191 e. The Morgan fingerprint density at radius 2 is 2.07 bits per heavy atom. The van der Waals surface area contributed by atoms with E-state index in [-0.39, 0.29) is 30.0 Å². The van der Waals surface area contributed by atoms with E-state index in [1.54, 1.807) is 12.3 Å². The van der Waals surface area contributed by atoms with Crippen LogP contribution in [0.2, 0.25) is 0 Å². The Kier molecular flexibility index (Phi) is 9.31. The maximum Gasteiger partial charge on any atom is 0.191 e. The van der Waals surface area contributed by atoms with Crippen molar-refractivity contribution in [2.45, 2.75) is 32.4 Å². The first kappa shape index (κ1) is 22.2. The molecule has 0 saturated carbocycles. The van der Waals surface area contributed by atoms with Crippen LogP contribution in [-0.4, -0.2) is 37.0 Å². The highest BCUT2D eigenvalue weighted by Gasteiger charge is 2.25. The van der Waals surface area contributed by atoms with Gasteiger partial charge < -0.3 is 15.1 Å². The second kappa shape index (κ2) is 11.7. The number of furan rings is 1. The zero-order chi connectivity index (χ0) is 18.9. The first-order chi connectivity index (χ1) is 13.3. The minimum Gasteiger partial charge on any atom is -0.468 e. The third-order valence-corrected chi connectivity index (χ3v) is 4.74. The molecule has 150 valence electrons. The molecule has 1 unspecified atom stereocenters. The van der Waals surface area contributed by atoms with E-state index in [0.29, 0.717) is 12.1 Å². The van der Waals surface area contributed by atoms with E-state index < -0.39 is 0 Å². The van der Waals surface area contributed by atoms with Gasteiger partial charge >= 0.3 is 0 Å². The van der Waals surface area contributed by atoms with Crippen LogP contribution in [0.25, 0.3) is 0 Å². The van der Waals surface area contributed by atoms with Crippen LogP contribution >= 0.6 is 24.0 Å². The zero-order valence-corrected chi connectivity index (χ0v) is 18.6. The fraction of sp³-hybridized carbons (Fsp3) is 0.429. The Hall–Kier alpha value is -2.05. The minimum absolute atomic E-state index is 0. The molecule has 1 aliphatic rings. The van der Waals surface area contributed by atoms with Crippen molar-refractivity contribution in [1.29, 1.82) is 5.26 Å². The highest BCUT2D eigenvalue weighted by molar-refractivity contribution is 14.0. The predicted molar refractivity (Wildman–Crippen MR) is 122 cm³/mol. The van der Waals surface area contributed by atoms with Gasteiger partial charge in [-0.25, -0.2) is 4.99 Å². The number of nitrogens with one attached hydrogen (secondary N) is 2. The first-order valence-corrected chi connectivity index (χ1v) is 9.59. The van der Waals surface area contributed by atoms with Crippen LogP contribution < -0.4 is 10.6 Å². The molecule has 0 aliphatic carbocycles. The maximum absolute atomic E-state index is 9.04. The van der Waals surface area contributed by atoms with Crippen molar-refractivity contribution in [2.75, 3.05) is 26.2 Å². The van der Waals surface area contributed by atoms with Gasteiger partial charge in [0.2, 0.25) is 0 Å². The molecular weight excluding hydrogens is 465 g/mol. The van der Waals surface area contributed by atoms with Crippen molar-refractivity contribution in [1.82, 2.24) is 15.5 Å². The van der Waals surface area contributed by atoms with E-state index in [0.717, 1.165) is 43.5 Å². The van der Waals surface area contributed by atoms with Gasteiger partial charge in [0.05, 0.1) is 30.5 Å². The minimum atomic E-state index is 0. The third-order valence-electron chi connectivity index (χ3n) is 4.74. The second-order valence-corrected chi connectivity index (χ2v) is 6.66. The van der Waals surface area contributed by atoms with Crippen molar-refractivity contribution in [3.05, 3.63) is 59.5 Å². The molecule has 0 amide bonds. The molecular formula is C21H28IN5O. The van der Waals surface area contributed by atoms with Gasteiger partial charge in [0, 0.05) is 13.1 Å². The number of halogens is 1. The predicted octanol–water partition coefficient (Wildman–Crippen LogP) is 3.66. The van der Waals surface area contributed by atoms with Crippen molar-refractivity contribution in [3.63, 3.8) is 0 Å². The summed E-state index contributed by atoms with van der Waals surface area (Å²) >= 11 is 0. The molecule has 1 saturated heterocycles. The standard InChI is InChI=1S/C21H27N5O.HI/c1-2-23-21(24-15-18-8-5-7-17(13-18)14-22)25-16-19(20-9-6-12-27-20)26-10-3-4-11-26;/h5-9,12-13,19H,2-4,10-11,15-16H2,1H3,(H2,23,24,25);1H. The average molecular weight is 493 g/mol.